The van der Waals surface area contributed by atoms with Crippen LogP contribution < -0.4 is 5.32 Å². The highest BCUT2D eigenvalue weighted by Gasteiger charge is 2.18. The molecular formula is C15H31NO2. The Bertz CT molecular complexity index is 221. The van der Waals surface area contributed by atoms with Gasteiger partial charge in [0.15, 0.2) is 0 Å². The normalized spacial score (nSPS) is 13.2. The molecule has 0 rings (SSSR count). The van der Waals surface area contributed by atoms with Gasteiger partial charge in [-0.3, -0.25) is 0 Å². The van der Waals surface area contributed by atoms with Crippen LogP contribution in [0.15, 0.2) is 0 Å². The summed E-state index contributed by atoms with van der Waals surface area (Å²) in [6, 6.07) is 0.265. The molecule has 0 saturated heterocycles. The summed E-state index contributed by atoms with van der Waals surface area (Å²) < 4.78 is 5.29. The first-order chi connectivity index (χ1) is 8.39. The van der Waals surface area contributed by atoms with Gasteiger partial charge in [-0.1, -0.05) is 46.0 Å². The fourth-order valence-electron chi connectivity index (χ4n) is 1.93. The number of hydrogen-bond donors (Lipinski definition) is 1. The van der Waals surface area contributed by atoms with Gasteiger partial charge >= 0.3 is 6.09 Å². The van der Waals surface area contributed by atoms with Gasteiger partial charge in [0.2, 0.25) is 0 Å². The Balaban J connectivity index is 3.98. The number of alkyl carbamates (subject to hydrolysis) is 1. The third-order valence-corrected chi connectivity index (χ3v) is 2.76. The van der Waals surface area contributed by atoms with Crippen LogP contribution in [0, 0.1) is 0 Å². The molecule has 0 bridgehead atoms. The summed E-state index contributed by atoms with van der Waals surface area (Å²) in [5, 5.41) is 2.99. The van der Waals surface area contributed by atoms with Crippen LogP contribution >= 0.6 is 0 Å². The molecule has 0 aliphatic carbocycles. The predicted molar refractivity (Wildman–Crippen MR) is 76.8 cm³/mol. The molecular weight excluding hydrogens is 226 g/mol. The van der Waals surface area contributed by atoms with E-state index in [-0.39, 0.29) is 12.1 Å². The molecule has 0 aliphatic heterocycles. The molecule has 0 spiro atoms. The maximum Gasteiger partial charge on any atom is 0.407 e. The summed E-state index contributed by atoms with van der Waals surface area (Å²) in [6.45, 7) is 10.0. The van der Waals surface area contributed by atoms with Crippen molar-refractivity contribution in [1.29, 1.82) is 0 Å². The predicted octanol–water partition coefficient (Wildman–Crippen LogP) is 4.65. The molecule has 1 N–H and O–H groups in total. The smallest absolute Gasteiger partial charge is 0.407 e. The zero-order chi connectivity index (χ0) is 14.0. The van der Waals surface area contributed by atoms with Crippen molar-refractivity contribution in [2.75, 3.05) is 0 Å². The van der Waals surface area contributed by atoms with E-state index < -0.39 is 5.60 Å². The van der Waals surface area contributed by atoms with Crippen LogP contribution in [0.4, 0.5) is 4.79 Å². The van der Waals surface area contributed by atoms with Crippen molar-refractivity contribution in [2.45, 2.75) is 91.2 Å². The van der Waals surface area contributed by atoms with Gasteiger partial charge in [-0.15, -0.1) is 0 Å². The standard InChI is InChI=1S/C15H31NO2/c1-6-8-9-10-12-13(11-7-2)16-14(17)18-15(3,4)5/h13H,6-12H2,1-5H3,(H,16,17). The number of hydrogen-bond acceptors (Lipinski definition) is 2. The van der Waals surface area contributed by atoms with E-state index in [1.54, 1.807) is 0 Å². The molecule has 108 valence electrons. The van der Waals surface area contributed by atoms with Crippen LogP contribution in [0.25, 0.3) is 0 Å². The average Bonchev–Trinajstić information content (AvgIpc) is 2.21. The Morgan fingerprint density at radius 3 is 2.22 bits per heavy atom. The average molecular weight is 257 g/mol. The fourth-order valence-corrected chi connectivity index (χ4v) is 1.93. The minimum atomic E-state index is -0.414. The van der Waals surface area contributed by atoms with Crippen molar-refractivity contribution < 1.29 is 9.53 Å². The monoisotopic (exact) mass is 257 g/mol. The van der Waals surface area contributed by atoms with Gasteiger partial charge in [0.25, 0.3) is 0 Å². The third-order valence-electron chi connectivity index (χ3n) is 2.76. The molecule has 0 aromatic heterocycles. The SMILES string of the molecule is CCCCCCC(CCC)NC(=O)OC(C)(C)C. The van der Waals surface area contributed by atoms with Crippen molar-refractivity contribution in [1.82, 2.24) is 5.32 Å². The highest BCUT2D eigenvalue weighted by atomic mass is 16.6. The van der Waals surface area contributed by atoms with Crippen LogP contribution in [-0.4, -0.2) is 17.7 Å². The fraction of sp³-hybridized carbons (Fsp3) is 0.933. The topological polar surface area (TPSA) is 38.3 Å². The largest absolute Gasteiger partial charge is 0.444 e. The molecule has 0 aliphatic rings. The van der Waals surface area contributed by atoms with E-state index in [0.717, 1.165) is 19.3 Å². The summed E-state index contributed by atoms with van der Waals surface area (Å²) in [6.07, 6.45) is 7.88. The summed E-state index contributed by atoms with van der Waals surface area (Å²) in [4.78, 5) is 11.7. The van der Waals surface area contributed by atoms with Crippen molar-refractivity contribution in [3.05, 3.63) is 0 Å². The number of unbranched alkanes of at least 4 members (excludes halogenated alkanes) is 3. The van der Waals surface area contributed by atoms with E-state index in [1.165, 1.54) is 25.7 Å². The Kier molecular flexibility index (Phi) is 8.86. The molecule has 0 aromatic carbocycles. The molecule has 0 aromatic rings. The second-order valence-electron chi connectivity index (χ2n) is 5.98. The molecule has 3 nitrogen and oxygen atoms in total. The first-order valence-electron chi connectivity index (χ1n) is 7.38. The molecule has 1 atom stereocenters. The van der Waals surface area contributed by atoms with Crippen LogP contribution in [-0.2, 0) is 4.74 Å². The van der Waals surface area contributed by atoms with Gasteiger partial charge in [0, 0.05) is 6.04 Å². The maximum atomic E-state index is 11.7. The molecule has 0 fully saturated rings. The molecule has 18 heavy (non-hydrogen) atoms. The second-order valence-corrected chi connectivity index (χ2v) is 5.98. The number of carbonyl (C=O) groups is 1. The van der Waals surface area contributed by atoms with Gasteiger partial charge in [-0.2, -0.15) is 0 Å². The lowest BCUT2D eigenvalue weighted by molar-refractivity contribution is 0.0498. The van der Waals surface area contributed by atoms with Crippen LogP contribution in [0.3, 0.4) is 0 Å². The van der Waals surface area contributed by atoms with Crippen molar-refractivity contribution >= 4 is 6.09 Å². The summed E-state index contributed by atoms with van der Waals surface area (Å²) in [5.41, 5.74) is -0.414. The van der Waals surface area contributed by atoms with Gasteiger partial charge in [-0.05, 0) is 33.6 Å². The molecule has 1 amide bonds. The van der Waals surface area contributed by atoms with Gasteiger partial charge in [0.05, 0.1) is 0 Å². The number of carbonyl (C=O) groups excluding carboxylic acids is 1. The zero-order valence-electron chi connectivity index (χ0n) is 12.8. The van der Waals surface area contributed by atoms with Crippen molar-refractivity contribution in [3.8, 4) is 0 Å². The van der Waals surface area contributed by atoms with E-state index in [1.807, 2.05) is 20.8 Å². The highest BCUT2D eigenvalue weighted by molar-refractivity contribution is 5.68. The Hall–Kier alpha value is -0.730. The number of amides is 1. The first-order valence-corrected chi connectivity index (χ1v) is 7.38. The minimum absolute atomic E-state index is 0.265. The first kappa shape index (κ1) is 17.3. The summed E-state index contributed by atoms with van der Waals surface area (Å²) in [5.74, 6) is 0. The molecule has 3 heteroatoms. The minimum Gasteiger partial charge on any atom is -0.444 e. The number of ether oxygens (including phenoxy) is 1. The van der Waals surface area contributed by atoms with E-state index in [4.69, 9.17) is 4.74 Å². The van der Waals surface area contributed by atoms with Gasteiger partial charge in [-0.25, -0.2) is 4.79 Å². The second kappa shape index (κ2) is 9.23. The van der Waals surface area contributed by atoms with Crippen LogP contribution in [0.2, 0.25) is 0 Å². The lowest BCUT2D eigenvalue weighted by Gasteiger charge is -2.23. The Morgan fingerprint density at radius 1 is 1.06 bits per heavy atom. The molecule has 0 saturated carbocycles. The Morgan fingerprint density at radius 2 is 1.72 bits per heavy atom. The highest BCUT2D eigenvalue weighted by Crippen LogP contribution is 2.12. The Labute approximate surface area is 113 Å². The van der Waals surface area contributed by atoms with Crippen molar-refractivity contribution in [2.24, 2.45) is 0 Å². The van der Waals surface area contributed by atoms with Gasteiger partial charge in [0.1, 0.15) is 5.60 Å². The van der Waals surface area contributed by atoms with Crippen molar-refractivity contribution in [3.63, 3.8) is 0 Å². The lowest BCUT2D eigenvalue weighted by atomic mass is 10.0. The summed E-state index contributed by atoms with van der Waals surface area (Å²) >= 11 is 0. The van der Waals surface area contributed by atoms with E-state index in [9.17, 15) is 4.79 Å². The molecule has 0 radical (unpaired) electrons. The molecule has 1 unspecified atom stereocenters. The van der Waals surface area contributed by atoms with Crippen LogP contribution in [0.5, 0.6) is 0 Å². The van der Waals surface area contributed by atoms with E-state index in [2.05, 4.69) is 19.2 Å². The third kappa shape index (κ3) is 10.4. The quantitative estimate of drug-likeness (QED) is 0.643. The summed E-state index contributed by atoms with van der Waals surface area (Å²) in [7, 11) is 0. The lowest BCUT2D eigenvalue weighted by Crippen LogP contribution is -2.39. The van der Waals surface area contributed by atoms with Gasteiger partial charge < -0.3 is 10.1 Å². The zero-order valence-corrected chi connectivity index (χ0v) is 12.8. The number of rotatable bonds is 8. The van der Waals surface area contributed by atoms with Crippen LogP contribution in [0.1, 0.15) is 79.6 Å². The molecule has 0 heterocycles. The van der Waals surface area contributed by atoms with E-state index in [0.29, 0.717) is 0 Å². The van der Waals surface area contributed by atoms with E-state index >= 15 is 0 Å². The maximum absolute atomic E-state index is 11.7. The number of nitrogens with one attached hydrogen (secondary N) is 1.